The van der Waals surface area contributed by atoms with E-state index in [0.29, 0.717) is 6.04 Å². The molecule has 0 bridgehead atoms. The largest absolute Gasteiger partial charge is 0.351 e. The van der Waals surface area contributed by atoms with Crippen LogP contribution in [-0.4, -0.2) is 56.3 Å². The average Bonchev–Trinajstić information content (AvgIpc) is 3.33. The van der Waals surface area contributed by atoms with Gasteiger partial charge in [0, 0.05) is 31.9 Å². The van der Waals surface area contributed by atoms with Crippen LogP contribution >= 0.6 is 0 Å². The fourth-order valence-corrected chi connectivity index (χ4v) is 3.55. The van der Waals surface area contributed by atoms with E-state index in [-0.39, 0.29) is 0 Å². The highest BCUT2D eigenvalue weighted by Crippen LogP contribution is 2.23. The summed E-state index contributed by atoms with van der Waals surface area (Å²) in [7, 11) is 2.13. The second-order valence-corrected chi connectivity index (χ2v) is 6.76. The van der Waals surface area contributed by atoms with E-state index in [1.807, 2.05) is 53.3 Å². The number of hydrogen-bond donors (Lipinski definition) is 0. The SMILES string of the molecule is CN(Cc1cn(-c2ccccc2)nn1)CC1CCCN1c1cccnn1. The third-order valence-electron chi connectivity index (χ3n) is 4.75. The number of hydrogen-bond acceptors (Lipinski definition) is 6. The van der Waals surface area contributed by atoms with Crippen molar-refractivity contribution in [1.82, 2.24) is 30.1 Å². The molecular formula is C19H23N7. The molecule has 26 heavy (non-hydrogen) atoms. The topological polar surface area (TPSA) is 63.0 Å². The van der Waals surface area contributed by atoms with Gasteiger partial charge in [0.2, 0.25) is 0 Å². The molecular weight excluding hydrogens is 326 g/mol. The predicted octanol–water partition coefficient (Wildman–Crippen LogP) is 2.16. The Hall–Kier alpha value is -2.80. The zero-order valence-electron chi connectivity index (χ0n) is 14.9. The van der Waals surface area contributed by atoms with Crippen LogP contribution in [0.3, 0.4) is 0 Å². The Labute approximate surface area is 153 Å². The molecule has 134 valence electrons. The van der Waals surface area contributed by atoms with Crippen molar-refractivity contribution < 1.29 is 0 Å². The summed E-state index contributed by atoms with van der Waals surface area (Å²) in [5.41, 5.74) is 2.00. The Balaban J connectivity index is 1.38. The first-order valence-electron chi connectivity index (χ1n) is 8.99. The Bertz CT molecular complexity index is 818. The zero-order chi connectivity index (χ0) is 17.8. The highest BCUT2D eigenvalue weighted by Gasteiger charge is 2.27. The summed E-state index contributed by atoms with van der Waals surface area (Å²) in [6, 6.07) is 14.5. The summed E-state index contributed by atoms with van der Waals surface area (Å²) < 4.78 is 1.82. The van der Waals surface area contributed by atoms with Gasteiger partial charge in [-0.25, -0.2) is 4.68 Å². The van der Waals surface area contributed by atoms with Gasteiger partial charge in [-0.3, -0.25) is 4.90 Å². The van der Waals surface area contributed by atoms with Crippen molar-refractivity contribution in [2.24, 2.45) is 0 Å². The highest BCUT2D eigenvalue weighted by molar-refractivity contribution is 5.39. The molecule has 1 atom stereocenters. The molecule has 7 heteroatoms. The molecule has 1 fully saturated rings. The lowest BCUT2D eigenvalue weighted by molar-refractivity contribution is 0.299. The standard InChI is InChI=1S/C19H23N7/c1-24(13-16-14-26(23-21-16)17-7-3-2-4-8-17)15-18-9-6-12-25(18)19-10-5-11-20-22-19/h2-5,7-8,10-11,14,18H,6,9,12-13,15H2,1H3. The van der Waals surface area contributed by atoms with Crippen LogP contribution in [0.1, 0.15) is 18.5 Å². The predicted molar refractivity (Wildman–Crippen MR) is 100 cm³/mol. The molecule has 0 saturated carbocycles. The van der Waals surface area contributed by atoms with Crippen LogP contribution in [-0.2, 0) is 6.54 Å². The Morgan fingerprint density at radius 3 is 2.81 bits per heavy atom. The number of para-hydroxylation sites is 1. The molecule has 2 aromatic heterocycles. The molecule has 0 amide bonds. The van der Waals surface area contributed by atoms with Crippen molar-refractivity contribution in [2.45, 2.75) is 25.4 Å². The maximum Gasteiger partial charge on any atom is 0.151 e. The molecule has 0 aliphatic carbocycles. The summed E-state index contributed by atoms with van der Waals surface area (Å²) >= 11 is 0. The third kappa shape index (κ3) is 3.72. The Kier molecular flexibility index (Phi) is 4.88. The molecule has 3 aromatic rings. The van der Waals surface area contributed by atoms with Crippen molar-refractivity contribution in [1.29, 1.82) is 0 Å². The van der Waals surface area contributed by atoms with E-state index in [1.54, 1.807) is 6.20 Å². The molecule has 4 rings (SSSR count). The maximum atomic E-state index is 4.32. The smallest absolute Gasteiger partial charge is 0.151 e. The van der Waals surface area contributed by atoms with Crippen LogP contribution < -0.4 is 4.90 Å². The summed E-state index contributed by atoms with van der Waals surface area (Å²) in [6.07, 6.45) is 6.09. The first-order chi connectivity index (χ1) is 12.8. The summed E-state index contributed by atoms with van der Waals surface area (Å²) in [5.74, 6) is 0.971. The molecule has 1 aromatic carbocycles. The van der Waals surface area contributed by atoms with Crippen LogP contribution in [0.2, 0.25) is 0 Å². The van der Waals surface area contributed by atoms with Crippen molar-refractivity contribution >= 4 is 5.82 Å². The van der Waals surface area contributed by atoms with Gasteiger partial charge < -0.3 is 4.90 Å². The number of rotatable bonds is 6. The fourth-order valence-electron chi connectivity index (χ4n) is 3.55. The van der Waals surface area contributed by atoms with Gasteiger partial charge in [0.25, 0.3) is 0 Å². The van der Waals surface area contributed by atoms with E-state index in [2.05, 4.69) is 37.4 Å². The second-order valence-electron chi connectivity index (χ2n) is 6.76. The maximum absolute atomic E-state index is 4.32. The minimum absolute atomic E-state index is 0.459. The minimum Gasteiger partial charge on any atom is -0.351 e. The molecule has 1 aliphatic rings. The van der Waals surface area contributed by atoms with E-state index in [0.717, 1.165) is 36.8 Å². The lowest BCUT2D eigenvalue weighted by atomic mass is 10.2. The lowest BCUT2D eigenvalue weighted by Crippen LogP contribution is -2.39. The van der Waals surface area contributed by atoms with Crippen molar-refractivity contribution in [2.75, 3.05) is 25.0 Å². The molecule has 3 heterocycles. The third-order valence-corrected chi connectivity index (χ3v) is 4.75. The number of anilines is 1. The van der Waals surface area contributed by atoms with Crippen molar-refractivity contribution in [3.05, 3.63) is 60.6 Å². The van der Waals surface area contributed by atoms with Crippen LogP contribution in [0.25, 0.3) is 5.69 Å². The summed E-state index contributed by atoms with van der Waals surface area (Å²) in [5, 5.41) is 16.9. The first kappa shape index (κ1) is 16.7. The molecule has 0 radical (unpaired) electrons. The minimum atomic E-state index is 0.459. The van der Waals surface area contributed by atoms with E-state index < -0.39 is 0 Å². The molecule has 1 aliphatic heterocycles. The lowest BCUT2D eigenvalue weighted by Gasteiger charge is -2.28. The molecule has 0 spiro atoms. The zero-order valence-corrected chi connectivity index (χ0v) is 14.9. The van der Waals surface area contributed by atoms with Gasteiger partial charge in [-0.15, -0.1) is 10.2 Å². The van der Waals surface area contributed by atoms with Crippen LogP contribution in [0.5, 0.6) is 0 Å². The van der Waals surface area contributed by atoms with Gasteiger partial charge in [-0.2, -0.15) is 5.10 Å². The van der Waals surface area contributed by atoms with Crippen molar-refractivity contribution in [3.8, 4) is 5.69 Å². The van der Waals surface area contributed by atoms with Crippen LogP contribution in [0, 0.1) is 0 Å². The van der Waals surface area contributed by atoms with Gasteiger partial charge in [0.05, 0.1) is 17.6 Å². The van der Waals surface area contributed by atoms with Crippen LogP contribution in [0.15, 0.2) is 54.9 Å². The van der Waals surface area contributed by atoms with Crippen LogP contribution in [0.4, 0.5) is 5.82 Å². The van der Waals surface area contributed by atoms with Gasteiger partial charge in [0.15, 0.2) is 5.82 Å². The van der Waals surface area contributed by atoms with Gasteiger partial charge in [-0.05, 0) is 44.2 Å². The fraction of sp³-hybridized carbons (Fsp3) is 0.368. The van der Waals surface area contributed by atoms with E-state index in [9.17, 15) is 0 Å². The summed E-state index contributed by atoms with van der Waals surface area (Å²) in [4.78, 5) is 4.67. The highest BCUT2D eigenvalue weighted by atomic mass is 15.4. The number of nitrogens with zero attached hydrogens (tertiary/aromatic N) is 7. The number of benzene rings is 1. The average molecular weight is 349 g/mol. The molecule has 1 unspecified atom stereocenters. The van der Waals surface area contributed by atoms with E-state index >= 15 is 0 Å². The molecule has 7 nitrogen and oxygen atoms in total. The Morgan fingerprint density at radius 1 is 1.12 bits per heavy atom. The first-order valence-corrected chi connectivity index (χ1v) is 8.99. The monoisotopic (exact) mass is 349 g/mol. The Morgan fingerprint density at radius 2 is 2.00 bits per heavy atom. The van der Waals surface area contributed by atoms with Gasteiger partial charge in [0.1, 0.15) is 0 Å². The number of aromatic nitrogens is 5. The molecule has 0 N–H and O–H groups in total. The second kappa shape index (κ2) is 7.61. The van der Waals surface area contributed by atoms with Gasteiger partial charge in [-0.1, -0.05) is 23.4 Å². The normalized spacial score (nSPS) is 17.2. The van der Waals surface area contributed by atoms with Crippen molar-refractivity contribution in [3.63, 3.8) is 0 Å². The quantitative estimate of drug-likeness (QED) is 0.680. The van der Waals surface area contributed by atoms with Gasteiger partial charge >= 0.3 is 0 Å². The van der Waals surface area contributed by atoms with E-state index in [4.69, 9.17) is 0 Å². The van der Waals surface area contributed by atoms with E-state index in [1.165, 1.54) is 12.8 Å². The summed E-state index contributed by atoms with van der Waals surface area (Å²) in [6.45, 7) is 2.79. The number of likely N-dealkylation sites (N-methyl/N-ethyl adjacent to an activating group) is 1. The molecule has 1 saturated heterocycles.